The zero-order valence-electron chi connectivity index (χ0n) is 13.9. The fourth-order valence-electron chi connectivity index (χ4n) is 3.05. The third-order valence-electron chi connectivity index (χ3n) is 4.31. The van der Waals surface area contributed by atoms with Crippen LogP contribution in [0.5, 0.6) is 0 Å². The summed E-state index contributed by atoms with van der Waals surface area (Å²) in [7, 11) is -1.75. The van der Waals surface area contributed by atoms with Crippen LogP contribution in [0.25, 0.3) is 0 Å². The molecule has 1 fully saturated rings. The quantitative estimate of drug-likeness (QED) is 0.824. The first-order valence-electron chi connectivity index (χ1n) is 7.78. The number of nitriles is 1. The molecule has 0 amide bonds. The van der Waals surface area contributed by atoms with Crippen LogP contribution in [0, 0.1) is 11.3 Å². The van der Waals surface area contributed by atoms with Crippen molar-refractivity contribution in [3.63, 3.8) is 0 Å². The van der Waals surface area contributed by atoms with Crippen molar-refractivity contribution in [1.29, 1.82) is 5.26 Å². The smallest absolute Gasteiger partial charge is 0.245 e. The summed E-state index contributed by atoms with van der Waals surface area (Å²) in [6.07, 6.45) is 0. The van der Waals surface area contributed by atoms with Crippen LogP contribution < -0.4 is 0 Å². The van der Waals surface area contributed by atoms with Crippen molar-refractivity contribution < 1.29 is 8.42 Å². The molecule has 1 atom stereocenters. The number of hydrogen-bond donors (Lipinski definition) is 0. The minimum absolute atomic E-state index is 0. The van der Waals surface area contributed by atoms with Crippen molar-refractivity contribution in [3.8, 4) is 6.07 Å². The molecule has 7 heteroatoms. The molecule has 2 aromatic rings. The van der Waals surface area contributed by atoms with Gasteiger partial charge in [0.05, 0.1) is 16.5 Å². The Morgan fingerprint density at radius 3 is 2.36 bits per heavy atom. The molecule has 1 unspecified atom stereocenters. The Balaban J connectivity index is 0.00000225. The van der Waals surface area contributed by atoms with Gasteiger partial charge < -0.3 is 4.90 Å². The molecule has 132 valence electrons. The summed E-state index contributed by atoms with van der Waals surface area (Å²) in [6.45, 7) is 1.69. The Hall–Kier alpha value is -1.91. The third-order valence-corrected chi connectivity index (χ3v) is 6.28. The lowest BCUT2D eigenvalue weighted by atomic mass is 10.1. The van der Waals surface area contributed by atoms with E-state index in [0.717, 1.165) is 5.56 Å². The molecule has 0 aromatic heterocycles. The van der Waals surface area contributed by atoms with E-state index in [2.05, 4.69) is 4.90 Å². The van der Waals surface area contributed by atoms with Crippen LogP contribution >= 0.6 is 12.4 Å². The van der Waals surface area contributed by atoms with Crippen molar-refractivity contribution >= 4 is 22.4 Å². The molecule has 25 heavy (non-hydrogen) atoms. The average Bonchev–Trinajstić information content (AvgIpc) is 2.62. The highest BCUT2D eigenvalue weighted by Gasteiger charge is 2.37. The first kappa shape index (κ1) is 19.4. The lowest BCUT2D eigenvalue weighted by Gasteiger charge is -2.39. The lowest BCUT2D eigenvalue weighted by molar-refractivity contribution is 0.160. The van der Waals surface area contributed by atoms with Gasteiger partial charge in [-0.05, 0) is 24.7 Å². The molecule has 0 radical (unpaired) electrons. The van der Waals surface area contributed by atoms with Gasteiger partial charge in [-0.15, -0.1) is 12.4 Å². The Kier molecular flexibility index (Phi) is 6.20. The topological polar surface area (TPSA) is 64.4 Å². The van der Waals surface area contributed by atoms with Crippen LogP contribution in [0.15, 0.2) is 59.5 Å². The van der Waals surface area contributed by atoms with Crippen LogP contribution in [0.1, 0.15) is 17.2 Å². The Morgan fingerprint density at radius 2 is 1.68 bits per heavy atom. The monoisotopic (exact) mass is 377 g/mol. The number of benzene rings is 2. The van der Waals surface area contributed by atoms with E-state index in [-0.39, 0.29) is 28.9 Å². The van der Waals surface area contributed by atoms with Crippen molar-refractivity contribution in [1.82, 2.24) is 9.21 Å². The Morgan fingerprint density at radius 1 is 1.04 bits per heavy atom. The van der Waals surface area contributed by atoms with Crippen molar-refractivity contribution in [2.45, 2.75) is 10.9 Å². The molecule has 3 rings (SSSR count). The van der Waals surface area contributed by atoms with Gasteiger partial charge >= 0.3 is 0 Å². The number of sulfonamides is 1. The maximum atomic E-state index is 13.2. The van der Waals surface area contributed by atoms with Gasteiger partial charge in [0, 0.05) is 19.6 Å². The van der Waals surface area contributed by atoms with E-state index in [9.17, 15) is 13.7 Å². The number of halogens is 1. The summed E-state index contributed by atoms with van der Waals surface area (Å²) in [5.41, 5.74) is 1.14. The number of hydrogen-bond acceptors (Lipinski definition) is 4. The molecule has 0 bridgehead atoms. The van der Waals surface area contributed by atoms with Crippen LogP contribution in [0.3, 0.4) is 0 Å². The summed E-state index contributed by atoms with van der Waals surface area (Å²) in [4.78, 5) is 2.21. The minimum Gasteiger partial charge on any atom is -0.303 e. The van der Waals surface area contributed by atoms with E-state index in [1.54, 1.807) is 18.2 Å². The van der Waals surface area contributed by atoms with E-state index in [1.165, 1.54) is 10.4 Å². The van der Waals surface area contributed by atoms with Crippen molar-refractivity contribution in [3.05, 3.63) is 65.7 Å². The van der Waals surface area contributed by atoms with Gasteiger partial charge in [0.1, 0.15) is 6.07 Å². The number of likely N-dealkylation sites (N-methyl/N-ethyl adjacent to an activating group) is 1. The molecule has 0 spiro atoms. The molecule has 0 saturated carbocycles. The molecule has 1 aliphatic heterocycles. The lowest BCUT2D eigenvalue weighted by Crippen LogP contribution is -2.49. The van der Waals surface area contributed by atoms with Gasteiger partial charge in [-0.25, -0.2) is 8.42 Å². The second kappa shape index (κ2) is 7.98. The molecule has 1 saturated heterocycles. The fourth-order valence-corrected chi connectivity index (χ4v) is 4.79. The van der Waals surface area contributed by atoms with Gasteiger partial charge in [0.2, 0.25) is 10.0 Å². The molecule has 2 aromatic carbocycles. The van der Waals surface area contributed by atoms with Gasteiger partial charge in [-0.2, -0.15) is 9.57 Å². The van der Waals surface area contributed by atoms with Gasteiger partial charge in [-0.1, -0.05) is 42.5 Å². The highest BCUT2D eigenvalue weighted by Crippen LogP contribution is 2.31. The minimum atomic E-state index is -3.74. The van der Waals surface area contributed by atoms with Crippen LogP contribution in [0.4, 0.5) is 0 Å². The highest BCUT2D eigenvalue weighted by atomic mass is 35.5. The molecule has 1 heterocycles. The molecule has 1 aliphatic rings. The maximum Gasteiger partial charge on any atom is 0.245 e. The van der Waals surface area contributed by atoms with Gasteiger partial charge in [0.15, 0.2) is 0 Å². The fraction of sp³-hybridized carbons (Fsp3) is 0.278. The van der Waals surface area contributed by atoms with Gasteiger partial charge in [-0.3, -0.25) is 0 Å². The third kappa shape index (κ3) is 3.86. The number of piperazine rings is 1. The summed E-state index contributed by atoms with van der Waals surface area (Å²) in [6, 6.07) is 17.7. The van der Waals surface area contributed by atoms with Crippen LogP contribution in [-0.2, 0) is 10.0 Å². The van der Waals surface area contributed by atoms with Crippen LogP contribution in [0.2, 0.25) is 0 Å². The Labute approximate surface area is 154 Å². The average molecular weight is 378 g/mol. The predicted molar refractivity (Wildman–Crippen MR) is 99.0 cm³/mol. The SMILES string of the molecule is CN1CCN(S(=O)(=O)c2ccccc2C#N)C(c2ccccc2)C1.Cl. The second-order valence-electron chi connectivity index (χ2n) is 5.91. The standard InChI is InChI=1S/C18H19N3O2S.ClH/c1-20-11-12-21(17(14-20)15-7-3-2-4-8-15)24(22,23)18-10-6-5-9-16(18)13-19;/h2-10,17H,11-12,14H2,1H3;1H. The Bertz CT molecular complexity index is 865. The highest BCUT2D eigenvalue weighted by molar-refractivity contribution is 7.89. The van der Waals surface area contributed by atoms with E-state index < -0.39 is 10.0 Å². The van der Waals surface area contributed by atoms with E-state index in [4.69, 9.17) is 0 Å². The molecule has 5 nitrogen and oxygen atoms in total. The summed E-state index contributed by atoms with van der Waals surface area (Å²) < 4.78 is 28.0. The van der Waals surface area contributed by atoms with Crippen LogP contribution in [-0.4, -0.2) is 44.3 Å². The molecule has 0 aliphatic carbocycles. The van der Waals surface area contributed by atoms with E-state index in [0.29, 0.717) is 19.6 Å². The van der Waals surface area contributed by atoms with E-state index in [1.807, 2.05) is 43.4 Å². The molecule has 0 N–H and O–H groups in total. The zero-order chi connectivity index (χ0) is 17.2. The number of rotatable bonds is 3. The van der Waals surface area contributed by atoms with E-state index >= 15 is 0 Å². The summed E-state index contributed by atoms with van der Waals surface area (Å²) in [5.74, 6) is 0. The summed E-state index contributed by atoms with van der Waals surface area (Å²) in [5, 5.41) is 9.26. The largest absolute Gasteiger partial charge is 0.303 e. The first-order valence-corrected chi connectivity index (χ1v) is 9.22. The summed E-state index contributed by atoms with van der Waals surface area (Å²) >= 11 is 0. The molecular weight excluding hydrogens is 358 g/mol. The molecular formula is C18H20ClN3O2S. The second-order valence-corrected chi connectivity index (χ2v) is 7.77. The maximum absolute atomic E-state index is 13.2. The first-order chi connectivity index (χ1) is 11.5. The normalized spacial score (nSPS) is 19.0. The van der Waals surface area contributed by atoms with Crippen molar-refractivity contribution in [2.24, 2.45) is 0 Å². The predicted octanol–water partition coefficient (Wildman–Crippen LogP) is 2.66. The van der Waals surface area contributed by atoms with Gasteiger partial charge in [0.25, 0.3) is 0 Å². The zero-order valence-corrected chi connectivity index (χ0v) is 15.5. The number of nitrogens with zero attached hydrogens (tertiary/aromatic N) is 3. The van der Waals surface area contributed by atoms with Crippen molar-refractivity contribution in [2.75, 3.05) is 26.7 Å².